The number of halogens is 1. The molecule has 3 heterocycles. The van der Waals surface area contributed by atoms with E-state index in [-0.39, 0.29) is 25.2 Å². The fourth-order valence-corrected chi connectivity index (χ4v) is 5.03. The Morgan fingerprint density at radius 1 is 1.21 bits per heavy atom. The number of carbonyl (C=O) groups excluding carboxylic acids is 3. The number of hydrogen-bond acceptors (Lipinski definition) is 8. The van der Waals surface area contributed by atoms with E-state index in [0.717, 1.165) is 11.1 Å². The maximum atomic E-state index is 14.7. The standard InChI is InChI=1S/C29H29FN10O3/c1-4-32-33-13-17(2)18-9-10-23-21(11-18)26(27(31)42)37-40(23)15-25(41)39-14-19(30)12-24(39)29(43)35-22-8-6-5-7-20(22)28-36-34-16-38(28)3/h4-11,13,16,19,24H,1,12,14-15H2,2-3H3,(H2,31,42)(H,35,43)/b17-13+,33-32?. The van der Waals surface area contributed by atoms with Gasteiger partial charge in [-0.25, -0.2) is 4.39 Å². The number of aromatic nitrogens is 5. The van der Waals surface area contributed by atoms with Gasteiger partial charge >= 0.3 is 0 Å². The van der Waals surface area contributed by atoms with Crippen LogP contribution < -0.4 is 11.1 Å². The van der Waals surface area contributed by atoms with Crippen molar-refractivity contribution in [3.05, 3.63) is 79.0 Å². The van der Waals surface area contributed by atoms with Gasteiger partial charge in [-0.05, 0) is 42.3 Å². The summed E-state index contributed by atoms with van der Waals surface area (Å²) in [5.74, 6) is -1.31. The molecule has 2 aromatic carbocycles. The number of nitrogens with two attached hydrogens (primary N) is 1. The normalized spacial score (nSPS) is 17.1. The molecule has 3 amide bonds. The highest BCUT2D eigenvalue weighted by atomic mass is 19.1. The molecule has 1 fully saturated rings. The highest BCUT2D eigenvalue weighted by Crippen LogP contribution is 2.29. The smallest absolute Gasteiger partial charge is 0.269 e. The van der Waals surface area contributed by atoms with Gasteiger partial charge in [-0.1, -0.05) is 24.8 Å². The molecule has 14 heteroatoms. The monoisotopic (exact) mass is 584 g/mol. The van der Waals surface area contributed by atoms with E-state index < -0.39 is 29.9 Å². The zero-order valence-corrected chi connectivity index (χ0v) is 23.5. The Kier molecular flexibility index (Phi) is 8.18. The molecule has 5 rings (SSSR count). The maximum absolute atomic E-state index is 14.7. The molecular formula is C29H29FN10O3. The van der Waals surface area contributed by atoms with Gasteiger partial charge in [0.1, 0.15) is 25.1 Å². The molecule has 0 radical (unpaired) electrons. The molecule has 0 bridgehead atoms. The highest BCUT2D eigenvalue weighted by Gasteiger charge is 2.40. The van der Waals surface area contributed by atoms with E-state index >= 15 is 0 Å². The lowest BCUT2D eigenvalue weighted by molar-refractivity contribution is -0.137. The van der Waals surface area contributed by atoms with Crippen LogP contribution in [0.5, 0.6) is 0 Å². The molecular weight excluding hydrogens is 555 g/mol. The molecule has 1 aliphatic heterocycles. The number of anilines is 1. The molecule has 0 spiro atoms. The summed E-state index contributed by atoms with van der Waals surface area (Å²) in [4.78, 5) is 40.4. The van der Waals surface area contributed by atoms with Crippen molar-refractivity contribution in [3.63, 3.8) is 0 Å². The number of hydrogen-bond donors (Lipinski definition) is 2. The van der Waals surface area contributed by atoms with Crippen LogP contribution in [0.4, 0.5) is 10.1 Å². The average molecular weight is 585 g/mol. The van der Waals surface area contributed by atoms with E-state index in [1.54, 1.807) is 60.3 Å². The largest absolute Gasteiger partial charge is 0.364 e. The van der Waals surface area contributed by atoms with Crippen molar-refractivity contribution >= 4 is 39.9 Å². The minimum absolute atomic E-state index is 0.0235. The van der Waals surface area contributed by atoms with Gasteiger partial charge in [0.15, 0.2) is 11.5 Å². The fourth-order valence-electron chi connectivity index (χ4n) is 5.03. The van der Waals surface area contributed by atoms with Crippen LogP contribution in [0.2, 0.25) is 0 Å². The number of benzene rings is 2. The summed E-state index contributed by atoms with van der Waals surface area (Å²) in [5.41, 5.74) is 8.62. The Morgan fingerprint density at radius 2 is 2.00 bits per heavy atom. The van der Waals surface area contributed by atoms with Gasteiger partial charge in [0.2, 0.25) is 11.8 Å². The van der Waals surface area contributed by atoms with Crippen molar-refractivity contribution in [2.45, 2.75) is 32.1 Å². The third kappa shape index (κ3) is 5.93. The Bertz CT molecular complexity index is 1790. The fraction of sp³-hybridized carbons (Fsp3) is 0.241. The third-order valence-electron chi connectivity index (χ3n) is 7.13. The van der Waals surface area contributed by atoms with Crippen LogP contribution in [0.3, 0.4) is 0 Å². The van der Waals surface area contributed by atoms with Gasteiger partial charge in [0.05, 0.1) is 23.9 Å². The van der Waals surface area contributed by atoms with Gasteiger partial charge in [0.25, 0.3) is 5.91 Å². The van der Waals surface area contributed by atoms with E-state index in [9.17, 15) is 18.8 Å². The van der Waals surface area contributed by atoms with Crippen LogP contribution in [0.15, 0.2) is 78.0 Å². The molecule has 2 atom stereocenters. The van der Waals surface area contributed by atoms with Gasteiger partial charge in [0, 0.05) is 30.6 Å². The van der Waals surface area contributed by atoms with Crippen molar-refractivity contribution in [1.82, 2.24) is 29.4 Å². The molecule has 0 saturated carbocycles. The first-order valence-electron chi connectivity index (χ1n) is 13.3. The summed E-state index contributed by atoms with van der Waals surface area (Å²) in [7, 11) is 1.77. The minimum atomic E-state index is -1.39. The number of rotatable bonds is 9. The average Bonchev–Trinajstić information content (AvgIpc) is 3.70. The van der Waals surface area contributed by atoms with Crippen molar-refractivity contribution in [1.29, 1.82) is 0 Å². The van der Waals surface area contributed by atoms with Crippen molar-refractivity contribution in [2.75, 3.05) is 11.9 Å². The first-order valence-corrected chi connectivity index (χ1v) is 13.3. The molecule has 0 aliphatic carbocycles. The minimum Gasteiger partial charge on any atom is -0.364 e. The molecule has 220 valence electrons. The Morgan fingerprint density at radius 3 is 2.72 bits per heavy atom. The van der Waals surface area contributed by atoms with Gasteiger partial charge in [-0.3, -0.25) is 19.1 Å². The zero-order valence-electron chi connectivity index (χ0n) is 23.5. The summed E-state index contributed by atoms with van der Waals surface area (Å²) in [6.07, 6.45) is 2.83. The predicted molar refractivity (Wildman–Crippen MR) is 157 cm³/mol. The lowest BCUT2D eigenvalue weighted by Crippen LogP contribution is -2.44. The van der Waals surface area contributed by atoms with Crippen molar-refractivity contribution < 1.29 is 18.8 Å². The quantitative estimate of drug-likeness (QED) is 0.286. The van der Waals surface area contributed by atoms with Crippen LogP contribution in [-0.4, -0.2) is 65.9 Å². The number of amides is 3. The van der Waals surface area contributed by atoms with Gasteiger partial charge < -0.3 is 20.5 Å². The third-order valence-corrected chi connectivity index (χ3v) is 7.13. The number of azo groups is 1. The van der Waals surface area contributed by atoms with Crippen LogP contribution in [0.25, 0.3) is 27.9 Å². The number of alkyl halides is 1. The number of nitrogens with zero attached hydrogens (tertiary/aromatic N) is 8. The van der Waals surface area contributed by atoms with Crippen LogP contribution in [0, 0.1) is 0 Å². The number of fused-ring (bicyclic) bond motifs is 1. The molecule has 4 aromatic rings. The molecule has 13 nitrogen and oxygen atoms in total. The molecule has 1 saturated heterocycles. The number of nitrogens with one attached hydrogen (secondary N) is 1. The number of allylic oxidation sites excluding steroid dienone is 1. The first kappa shape index (κ1) is 29.0. The lowest BCUT2D eigenvalue weighted by atomic mass is 10.0. The molecule has 2 unspecified atom stereocenters. The van der Waals surface area contributed by atoms with Crippen LogP contribution in [0.1, 0.15) is 29.4 Å². The molecule has 3 N–H and O–H groups in total. The second-order valence-electron chi connectivity index (χ2n) is 10.0. The van der Waals surface area contributed by atoms with E-state index in [0.29, 0.717) is 28.0 Å². The Balaban J connectivity index is 1.39. The zero-order chi connectivity index (χ0) is 30.7. The maximum Gasteiger partial charge on any atom is 0.269 e. The van der Waals surface area contributed by atoms with Crippen molar-refractivity contribution in [2.24, 2.45) is 23.0 Å². The topological polar surface area (TPSA) is 166 Å². The first-order chi connectivity index (χ1) is 20.7. The number of carbonyl (C=O) groups is 3. The van der Waals surface area contributed by atoms with Crippen LogP contribution >= 0.6 is 0 Å². The second-order valence-corrected chi connectivity index (χ2v) is 10.0. The number of likely N-dealkylation sites (tertiary alicyclic amines) is 1. The SMILES string of the molecule is C=CN=N/C=C(\C)c1ccc2c(c1)c(C(N)=O)nn2CC(=O)N1CC(F)CC1C(=O)Nc1ccccc1-c1nncn1C. The molecule has 1 aliphatic rings. The highest BCUT2D eigenvalue weighted by molar-refractivity contribution is 6.05. The molecule has 43 heavy (non-hydrogen) atoms. The van der Waals surface area contributed by atoms with E-state index in [4.69, 9.17) is 5.73 Å². The number of primary amides is 1. The van der Waals surface area contributed by atoms with Crippen molar-refractivity contribution in [3.8, 4) is 11.4 Å². The lowest BCUT2D eigenvalue weighted by Gasteiger charge is -2.24. The Labute approximate surface area is 245 Å². The van der Waals surface area contributed by atoms with Crippen LogP contribution in [-0.2, 0) is 23.2 Å². The van der Waals surface area contributed by atoms with Gasteiger partial charge in [-0.15, -0.1) is 10.2 Å². The molecule has 2 aromatic heterocycles. The summed E-state index contributed by atoms with van der Waals surface area (Å²) < 4.78 is 17.7. The van der Waals surface area contributed by atoms with Gasteiger partial charge in [-0.2, -0.15) is 15.3 Å². The van der Waals surface area contributed by atoms with E-state index in [1.807, 2.05) is 6.92 Å². The summed E-state index contributed by atoms with van der Waals surface area (Å²) in [6.45, 7) is 4.71. The number of para-hydroxylation sites is 1. The summed E-state index contributed by atoms with van der Waals surface area (Å²) in [6, 6.07) is 11.2. The predicted octanol–water partition coefficient (Wildman–Crippen LogP) is 3.46. The second kappa shape index (κ2) is 12.1. The number of aryl methyl sites for hydroxylation is 1. The Hall–Kier alpha value is -5.53. The van der Waals surface area contributed by atoms with E-state index in [2.05, 4.69) is 37.4 Å². The summed E-state index contributed by atoms with van der Waals surface area (Å²) >= 11 is 0. The van der Waals surface area contributed by atoms with E-state index in [1.165, 1.54) is 22.1 Å². The summed E-state index contributed by atoms with van der Waals surface area (Å²) in [5, 5.41) is 23.1.